The molecular weight excluding hydrogens is 232 g/mol. The van der Waals surface area contributed by atoms with E-state index in [-0.39, 0.29) is 5.56 Å². The normalized spacial score (nSPS) is 20.8. The highest BCUT2D eigenvalue weighted by molar-refractivity contribution is 5.87. The molecule has 1 unspecified atom stereocenters. The smallest absolute Gasteiger partial charge is 0.337 e. The fourth-order valence-electron chi connectivity index (χ4n) is 2.13. The monoisotopic (exact) mass is 250 g/mol. The molecule has 1 aliphatic rings. The highest BCUT2D eigenvalue weighted by Gasteiger charge is 2.21. The Morgan fingerprint density at radius 3 is 3.06 bits per heavy atom. The predicted molar refractivity (Wildman–Crippen MR) is 66.5 cm³/mol. The van der Waals surface area contributed by atoms with Gasteiger partial charge in [0.2, 0.25) is 0 Å². The first-order chi connectivity index (χ1) is 8.70. The number of nitrogens with zero attached hydrogens (tertiary/aromatic N) is 2. The molecule has 18 heavy (non-hydrogen) atoms. The van der Waals surface area contributed by atoms with Crippen LogP contribution in [0.5, 0.6) is 0 Å². The zero-order chi connectivity index (χ0) is 13.0. The van der Waals surface area contributed by atoms with Gasteiger partial charge in [-0.25, -0.2) is 4.79 Å². The Kier molecular flexibility index (Phi) is 4.28. The fraction of sp³-hybridized carbons (Fsp3) is 0.538. The van der Waals surface area contributed by atoms with Crippen LogP contribution in [0.25, 0.3) is 0 Å². The van der Waals surface area contributed by atoms with E-state index in [1.807, 2.05) is 0 Å². The van der Waals surface area contributed by atoms with Crippen LogP contribution in [-0.4, -0.2) is 46.8 Å². The van der Waals surface area contributed by atoms with E-state index in [2.05, 4.69) is 16.8 Å². The van der Waals surface area contributed by atoms with Gasteiger partial charge in [-0.05, 0) is 18.6 Å². The summed E-state index contributed by atoms with van der Waals surface area (Å²) >= 11 is 0. The average molecular weight is 250 g/mol. The second-order valence-electron chi connectivity index (χ2n) is 4.45. The van der Waals surface area contributed by atoms with Crippen molar-refractivity contribution >= 4 is 5.97 Å². The van der Waals surface area contributed by atoms with Gasteiger partial charge in [-0.2, -0.15) is 0 Å². The SMILES string of the molecule is CCC1COCCN1Cc1ccc(C(=O)O)cn1. The van der Waals surface area contributed by atoms with Crippen molar-refractivity contribution in [2.75, 3.05) is 19.8 Å². The van der Waals surface area contributed by atoms with Crippen LogP contribution in [0.1, 0.15) is 29.4 Å². The number of hydrogen-bond acceptors (Lipinski definition) is 4. The fourth-order valence-corrected chi connectivity index (χ4v) is 2.13. The van der Waals surface area contributed by atoms with Crippen LogP contribution in [0.4, 0.5) is 0 Å². The van der Waals surface area contributed by atoms with Crippen molar-refractivity contribution in [2.24, 2.45) is 0 Å². The minimum absolute atomic E-state index is 0.229. The summed E-state index contributed by atoms with van der Waals surface area (Å²) in [6.45, 7) is 5.32. The van der Waals surface area contributed by atoms with Crippen molar-refractivity contribution in [1.29, 1.82) is 0 Å². The Bertz CT molecular complexity index is 405. The maximum atomic E-state index is 10.7. The third kappa shape index (κ3) is 3.05. The first-order valence-corrected chi connectivity index (χ1v) is 6.20. The Morgan fingerprint density at radius 2 is 2.44 bits per heavy atom. The second kappa shape index (κ2) is 5.93. The van der Waals surface area contributed by atoms with E-state index in [1.54, 1.807) is 12.1 Å². The molecule has 0 radical (unpaired) electrons. The number of aromatic nitrogens is 1. The Balaban J connectivity index is 2.01. The minimum atomic E-state index is -0.938. The maximum Gasteiger partial charge on any atom is 0.337 e. The number of carbonyl (C=O) groups is 1. The lowest BCUT2D eigenvalue weighted by molar-refractivity contribution is -0.0132. The van der Waals surface area contributed by atoms with Crippen molar-refractivity contribution < 1.29 is 14.6 Å². The van der Waals surface area contributed by atoms with Crippen molar-refractivity contribution in [2.45, 2.75) is 25.9 Å². The van der Waals surface area contributed by atoms with Crippen LogP contribution in [-0.2, 0) is 11.3 Å². The molecular formula is C13H18N2O3. The molecule has 1 saturated heterocycles. The van der Waals surface area contributed by atoms with Gasteiger partial charge in [-0.15, -0.1) is 0 Å². The van der Waals surface area contributed by atoms with Crippen molar-refractivity contribution in [1.82, 2.24) is 9.88 Å². The van der Waals surface area contributed by atoms with Crippen molar-refractivity contribution in [3.05, 3.63) is 29.6 Å². The summed E-state index contributed by atoms with van der Waals surface area (Å²) in [6.07, 6.45) is 2.46. The Morgan fingerprint density at radius 1 is 1.61 bits per heavy atom. The third-order valence-electron chi connectivity index (χ3n) is 3.26. The first kappa shape index (κ1) is 13.0. The van der Waals surface area contributed by atoms with E-state index in [1.165, 1.54) is 6.20 Å². The van der Waals surface area contributed by atoms with Crippen LogP contribution >= 0.6 is 0 Å². The quantitative estimate of drug-likeness (QED) is 0.875. The number of rotatable bonds is 4. The molecule has 1 atom stereocenters. The lowest BCUT2D eigenvalue weighted by Gasteiger charge is -2.34. The van der Waals surface area contributed by atoms with Crippen molar-refractivity contribution in [3.8, 4) is 0 Å². The van der Waals surface area contributed by atoms with Gasteiger partial charge < -0.3 is 9.84 Å². The number of morpholine rings is 1. The molecule has 5 nitrogen and oxygen atoms in total. The van der Waals surface area contributed by atoms with Gasteiger partial charge in [0.15, 0.2) is 0 Å². The van der Waals surface area contributed by atoms with Gasteiger partial charge in [-0.1, -0.05) is 6.92 Å². The highest BCUT2D eigenvalue weighted by atomic mass is 16.5. The van der Waals surface area contributed by atoms with Crippen molar-refractivity contribution in [3.63, 3.8) is 0 Å². The van der Waals surface area contributed by atoms with Gasteiger partial charge in [0.25, 0.3) is 0 Å². The molecule has 0 bridgehead atoms. The molecule has 0 aromatic carbocycles. The highest BCUT2D eigenvalue weighted by Crippen LogP contribution is 2.13. The molecule has 1 N–H and O–H groups in total. The molecule has 0 spiro atoms. The van der Waals surface area contributed by atoms with Gasteiger partial charge in [0.1, 0.15) is 0 Å². The lowest BCUT2D eigenvalue weighted by atomic mass is 10.1. The summed E-state index contributed by atoms with van der Waals surface area (Å²) in [4.78, 5) is 17.3. The zero-order valence-electron chi connectivity index (χ0n) is 10.5. The molecule has 1 aromatic heterocycles. The summed E-state index contributed by atoms with van der Waals surface area (Å²) in [5, 5.41) is 8.81. The first-order valence-electron chi connectivity index (χ1n) is 6.20. The van der Waals surface area contributed by atoms with E-state index in [9.17, 15) is 4.79 Å². The second-order valence-corrected chi connectivity index (χ2v) is 4.45. The molecule has 5 heteroatoms. The van der Waals surface area contributed by atoms with Gasteiger partial charge in [0.05, 0.1) is 24.5 Å². The standard InChI is InChI=1S/C13H18N2O3/c1-2-12-9-18-6-5-15(12)8-11-4-3-10(7-14-11)13(16)17/h3-4,7,12H,2,5-6,8-9H2,1H3,(H,16,17). The number of aromatic carboxylic acids is 1. The van der Waals surface area contributed by atoms with E-state index < -0.39 is 5.97 Å². The maximum absolute atomic E-state index is 10.7. The number of ether oxygens (including phenoxy) is 1. The molecule has 2 heterocycles. The van der Waals surface area contributed by atoms with E-state index in [0.29, 0.717) is 6.04 Å². The number of hydrogen-bond donors (Lipinski definition) is 1. The third-order valence-corrected chi connectivity index (χ3v) is 3.26. The van der Waals surface area contributed by atoms with Gasteiger partial charge in [-0.3, -0.25) is 9.88 Å². The van der Waals surface area contributed by atoms with Crippen LogP contribution in [0.15, 0.2) is 18.3 Å². The largest absolute Gasteiger partial charge is 0.478 e. The Labute approximate surface area is 106 Å². The number of pyridine rings is 1. The van der Waals surface area contributed by atoms with E-state index >= 15 is 0 Å². The Hall–Kier alpha value is -1.46. The summed E-state index contributed by atoms with van der Waals surface area (Å²) in [5.41, 5.74) is 1.13. The molecule has 0 amide bonds. The van der Waals surface area contributed by atoms with E-state index in [0.717, 1.165) is 38.4 Å². The topological polar surface area (TPSA) is 62.7 Å². The molecule has 2 rings (SSSR count). The molecule has 98 valence electrons. The number of carboxylic acid groups (broad SMARTS) is 1. The van der Waals surface area contributed by atoms with Crippen LogP contribution < -0.4 is 0 Å². The molecule has 0 saturated carbocycles. The predicted octanol–water partition coefficient (Wildman–Crippen LogP) is 1.39. The molecule has 1 aliphatic heterocycles. The molecule has 1 fully saturated rings. The van der Waals surface area contributed by atoms with Crippen LogP contribution in [0.2, 0.25) is 0 Å². The number of carboxylic acids is 1. The zero-order valence-corrected chi connectivity index (χ0v) is 10.5. The van der Waals surface area contributed by atoms with E-state index in [4.69, 9.17) is 9.84 Å². The molecule has 1 aromatic rings. The molecule has 0 aliphatic carbocycles. The lowest BCUT2D eigenvalue weighted by Crippen LogP contribution is -2.44. The summed E-state index contributed by atoms with van der Waals surface area (Å²) in [7, 11) is 0. The summed E-state index contributed by atoms with van der Waals surface area (Å²) in [5.74, 6) is -0.938. The minimum Gasteiger partial charge on any atom is -0.478 e. The van der Waals surface area contributed by atoms with Gasteiger partial charge >= 0.3 is 5.97 Å². The van der Waals surface area contributed by atoms with Gasteiger partial charge in [0, 0.05) is 25.3 Å². The average Bonchev–Trinajstić information content (AvgIpc) is 2.40. The van der Waals surface area contributed by atoms with Crippen LogP contribution in [0.3, 0.4) is 0 Å². The van der Waals surface area contributed by atoms with Crippen LogP contribution in [0, 0.1) is 0 Å². The summed E-state index contributed by atoms with van der Waals surface area (Å²) < 4.78 is 5.45. The summed E-state index contributed by atoms with van der Waals surface area (Å²) in [6, 6.07) is 3.82.